The highest BCUT2D eigenvalue weighted by Crippen LogP contribution is 2.19. The molecule has 0 aliphatic heterocycles. The first kappa shape index (κ1) is 21.4. The Hall–Kier alpha value is -2.93. The minimum absolute atomic E-state index is 0.0699. The zero-order valence-electron chi connectivity index (χ0n) is 16.1. The Morgan fingerprint density at radius 3 is 2.39 bits per heavy atom. The largest absolute Gasteiger partial charge is 0.483 e. The number of benzene rings is 2. The Morgan fingerprint density at radius 2 is 1.71 bits per heavy atom. The standard InChI is InChI=1S/C21H26FN3O3/c1-3-21(23,4-2)14-24-20(27)15-9-5-8-12-18(15)28-13-19(26)25-17-11-7-6-10-16(17)22/h5-12H,3-4,13-14,23H2,1-2H3,(H,24,27)(H,25,26). The molecule has 2 rings (SSSR count). The number of halogens is 1. The molecular formula is C21H26FN3O3. The predicted molar refractivity (Wildman–Crippen MR) is 107 cm³/mol. The molecule has 2 aromatic carbocycles. The molecule has 0 radical (unpaired) electrons. The smallest absolute Gasteiger partial charge is 0.262 e. The Labute approximate surface area is 164 Å². The summed E-state index contributed by atoms with van der Waals surface area (Å²) < 4.78 is 19.1. The van der Waals surface area contributed by atoms with Crippen LogP contribution in [0.1, 0.15) is 37.0 Å². The van der Waals surface area contributed by atoms with Gasteiger partial charge in [0.25, 0.3) is 11.8 Å². The average molecular weight is 387 g/mol. The summed E-state index contributed by atoms with van der Waals surface area (Å²) in [6.45, 7) is 3.92. The normalized spacial score (nSPS) is 11.0. The molecule has 0 saturated carbocycles. The fourth-order valence-corrected chi connectivity index (χ4v) is 2.52. The van der Waals surface area contributed by atoms with Crippen LogP contribution in [-0.4, -0.2) is 30.5 Å². The number of amides is 2. The topological polar surface area (TPSA) is 93.4 Å². The number of hydrogen-bond acceptors (Lipinski definition) is 4. The van der Waals surface area contributed by atoms with E-state index in [-0.39, 0.29) is 24.0 Å². The third-order valence-corrected chi connectivity index (χ3v) is 4.65. The van der Waals surface area contributed by atoms with Crippen molar-refractivity contribution in [3.8, 4) is 5.75 Å². The third kappa shape index (κ3) is 5.79. The van der Waals surface area contributed by atoms with Gasteiger partial charge in [-0.2, -0.15) is 0 Å². The lowest BCUT2D eigenvalue weighted by Gasteiger charge is -2.27. The van der Waals surface area contributed by atoms with Crippen LogP contribution in [0.3, 0.4) is 0 Å². The van der Waals surface area contributed by atoms with Crippen LogP contribution in [0.15, 0.2) is 48.5 Å². The summed E-state index contributed by atoms with van der Waals surface area (Å²) in [5.74, 6) is -1.13. The van der Waals surface area contributed by atoms with Crippen molar-refractivity contribution in [1.82, 2.24) is 5.32 Å². The first-order valence-electron chi connectivity index (χ1n) is 9.22. The summed E-state index contributed by atoms with van der Waals surface area (Å²) in [7, 11) is 0. The molecule has 0 heterocycles. The highest BCUT2D eigenvalue weighted by molar-refractivity contribution is 5.97. The number of anilines is 1. The van der Waals surface area contributed by atoms with E-state index in [1.54, 1.807) is 30.3 Å². The number of nitrogens with one attached hydrogen (secondary N) is 2. The lowest BCUT2D eigenvalue weighted by molar-refractivity contribution is -0.118. The molecule has 2 aromatic rings. The lowest BCUT2D eigenvalue weighted by Crippen LogP contribution is -2.49. The molecule has 0 aliphatic carbocycles. The Kier molecular flexibility index (Phi) is 7.52. The SMILES string of the molecule is CCC(N)(CC)CNC(=O)c1ccccc1OCC(=O)Nc1ccccc1F. The van der Waals surface area contributed by atoms with Crippen molar-refractivity contribution < 1.29 is 18.7 Å². The summed E-state index contributed by atoms with van der Waals surface area (Å²) in [4.78, 5) is 24.6. The van der Waals surface area contributed by atoms with E-state index in [2.05, 4.69) is 10.6 Å². The minimum atomic E-state index is -0.534. The summed E-state index contributed by atoms with van der Waals surface area (Å²) in [6, 6.07) is 12.5. The molecule has 0 spiro atoms. The van der Waals surface area contributed by atoms with Crippen molar-refractivity contribution in [1.29, 1.82) is 0 Å². The van der Waals surface area contributed by atoms with Gasteiger partial charge in [-0.1, -0.05) is 38.1 Å². The van der Waals surface area contributed by atoms with Gasteiger partial charge in [-0.05, 0) is 37.1 Å². The van der Waals surface area contributed by atoms with Crippen molar-refractivity contribution in [3.63, 3.8) is 0 Å². The van der Waals surface area contributed by atoms with Gasteiger partial charge >= 0.3 is 0 Å². The van der Waals surface area contributed by atoms with Gasteiger partial charge in [0.05, 0.1) is 11.3 Å². The zero-order valence-corrected chi connectivity index (χ0v) is 16.1. The van der Waals surface area contributed by atoms with Crippen molar-refractivity contribution in [3.05, 3.63) is 59.9 Å². The second-order valence-corrected chi connectivity index (χ2v) is 6.57. The Morgan fingerprint density at radius 1 is 1.07 bits per heavy atom. The lowest BCUT2D eigenvalue weighted by atomic mass is 9.94. The van der Waals surface area contributed by atoms with E-state index in [1.807, 2.05) is 13.8 Å². The quantitative estimate of drug-likeness (QED) is 0.616. The molecule has 0 fully saturated rings. The summed E-state index contributed by atoms with van der Waals surface area (Å²) >= 11 is 0. The molecule has 0 saturated heterocycles. The first-order chi connectivity index (χ1) is 13.4. The van der Waals surface area contributed by atoms with E-state index < -0.39 is 17.3 Å². The van der Waals surface area contributed by atoms with E-state index in [4.69, 9.17) is 10.5 Å². The summed E-state index contributed by atoms with van der Waals surface area (Å²) in [5, 5.41) is 5.26. The van der Waals surface area contributed by atoms with Crippen LogP contribution in [0, 0.1) is 5.82 Å². The van der Waals surface area contributed by atoms with Crippen LogP contribution in [-0.2, 0) is 4.79 Å². The van der Waals surface area contributed by atoms with Gasteiger partial charge in [-0.15, -0.1) is 0 Å². The highest BCUT2D eigenvalue weighted by atomic mass is 19.1. The van der Waals surface area contributed by atoms with Crippen LogP contribution in [0.2, 0.25) is 0 Å². The van der Waals surface area contributed by atoms with Gasteiger partial charge in [-0.25, -0.2) is 4.39 Å². The number of para-hydroxylation sites is 2. The fourth-order valence-electron chi connectivity index (χ4n) is 2.52. The number of ether oxygens (including phenoxy) is 1. The van der Waals surface area contributed by atoms with Crippen molar-refractivity contribution >= 4 is 17.5 Å². The fraction of sp³-hybridized carbons (Fsp3) is 0.333. The first-order valence-corrected chi connectivity index (χ1v) is 9.22. The number of rotatable bonds is 9. The molecule has 6 nitrogen and oxygen atoms in total. The van der Waals surface area contributed by atoms with E-state index >= 15 is 0 Å². The summed E-state index contributed by atoms with van der Waals surface area (Å²) in [6.07, 6.45) is 1.47. The van der Waals surface area contributed by atoms with Crippen LogP contribution in [0.25, 0.3) is 0 Å². The molecule has 0 bridgehead atoms. The molecule has 0 aliphatic rings. The van der Waals surface area contributed by atoms with Gasteiger partial charge in [0.1, 0.15) is 11.6 Å². The van der Waals surface area contributed by atoms with Gasteiger partial charge in [0.15, 0.2) is 6.61 Å². The highest BCUT2D eigenvalue weighted by Gasteiger charge is 2.22. The number of carbonyl (C=O) groups excluding carboxylic acids is 2. The van der Waals surface area contributed by atoms with Gasteiger partial charge < -0.3 is 21.1 Å². The van der Waals surface area contributed by atoms with Gasteiger partial charge in [-0.3, -0.25) is 9.59 Å². The molecule has 0 unspecified atom stereocenters. The maximum atomic E-state index is 13.6. The predicted octanol–water partition coefficient (Wildman–Crippen LogP) is 3.09. The molecule has 4 N–H and O–H groups in total. The van der Waals surface area contributed by atoms with Crippen LogP contribution < -0.4 is 21.1 Å². The molecule has 0 atom stereocenters. The van der Waals surface area contributed by atoms with Crippen molar-refractivity contribution in [2.45, 2.75) is 32.2 Å². The molecule has 2 amide bonds. The second-order valence-electron chi connectivity index (χ2n) is 6.57. The maximum absolute atomic E-state index is 13.6. The third-order valence-electron chi connectivity index (χ3n) is 4.65. The van der Waals surface area contributed by atoms with E-state index in [9.17, 15) is 14.0 Å². The molecule has 150 valence electrons. The van der Waals surface area contributed by atoms with E-state index in [1.165, 1.54) is 18.2 Å². The molecule has 28 heavy (non-hydrogen) atoms. The van der Waals surface area contributed by atoms with E-state index in [0.717, 1.165) is 12.8 Å². The number of nitrogens with two attached hydrogens (primary N) is 1. The van der Waals surface area contributed by atoms with E-state index in [0.29, 0.717) is 12.1 Å². The summed E-state index contributed by atoms with van der Waals surface area (Å²) in [5.41, 5.74) is 6.12. The van der Waals surface area contributed by atoms with Crippen LogP contribution in [0.4, 0.5) is 10.1 Å². The number of carbonyl (C=O) groups is 2. The van der Waals surface area contributed by atoms with Gasteiger partial charge in [0, 0.05) is 12.1 Å². The molecular weight excluding hydrogens is 361 g/mol. The molecule has 0 aromatic heterocycles. The maximum Gasteiger partial charge on any atom is 0.262 e. The zero-order chi connectivity index (χ0) is 20.6. The molecule has 7 heteroatoms. The van der Waals surface area contributed by atoms with Gasteiger partial charge in [0.2, 0.25) is 0 Å². The average Bonchev–Trinajstić information content (AvgIpc) is 2.72. The monoisotopic (exact) mass is 387 g/mol. The minimum Gasteiger partial charge on any atom is -0.483 e. The number of hydrogen-bond donors (Lipinski definition) is 3. The Balaban J connectivity index is 1.98. The second kappa shape index (κ2) is 9.85. The van der Waals surface area contributed by atoms with Crippen LogP contribution in [0.5, 0.6) is 5.75 Å². The van der Waals surface area contributed by atoms with Crippen LogP contribution >= 0.6 is 0 Å². The van der Waals surface area contributed by atoms with Crippen molar-refractivity contribution in [2.24, 2.45) is 5.73 Å². The Bertz CT molecular complexity index is 822. The van der Waals surface area contributed by atoms with Crippen molar-refractivity contribution in [2.75, 3.05) is 18.5 Å².